The molecule has 1 atom stereocenters. The number of amides is 1. The van der Waals surface area contributed by atoms with Crippen molar-refractivity contribution in [3.63, 3.8) is 0 Å². The molecule has 5 heteroatoms. The minimum absolute atomic E-state index is 0.0766. The predicted molar refractivity (Wildman–Crippen MR) is 55.4 cm³/mol. The third-order valence-corrected chi connectivity index (χ3v) is 2.48. The highest BCUT2D eigenvalue weighted by Gasteiger charge is 2.30. The Hall–Kier alpha value is -1.46. The number of anilines is 1. The first kappa shape index (κ1) is 10.1. The Morgan fingerprint density at radius 2 is 2.47 bits per heavy atom. The quantitative estimate of drug-likeness (QED) is 0.671. The van der Waals surface area contributed by atoms with E-state index in [1.807, 2.05) is 6.07 Å². The van der Waals surface area contributed by atoms with Crippen LogP contribution in [0.5, 0.6) is 0 Å². The van der Waals surface area contributed by atoms with E-state index in [1.54, 1.807) is 12.3 Å². The second-order valence-corrected chi connectivity index (χ2v) is 3.49. The molecular weight excluding hydrogens is 194 g/mol. The highest BCUT2D eigenvalue weighted by Crippen LogP contribution is 2.24. The van der Waals surface area contributed by atoms with Crippen LogP contribution in [-0.2, 0) is 11.2 Å². The van der Waals surface area contributed by atoms with E-state index in [4.69, 9.17) is 10.8 Å². The number of carbonyl (C=O) groups is 1. The predicted octanol–water partition coefficient (Wildman–Crippen LogP) is -0.710. The Balaban J connectivity index is 2.40. The van der Waals surface area contributed by atoms with Crippen LogP contribution in [0, 0.1) is 0 Å². The van der Waals surface area contributed by atoms with Crippen LogP contribution in [0.3, 0.4) is 0 Å². The molecule has 0 aliphatic carbocycles. The fourth-order valence-corrected chi connectivity index (χ4v) is 1.78. The standard InChI is InChI=1S/C10H13N3O2/c11-7-6-8-9(2-1-3-12-8)13(4-5-14)10(7)15/h1-3,7,14H,4-6,11H2. The number of nitrogens with two attached hydrogens (primary N) is 1. The molecule has 0 bridgehead atoms. The third-order valence-electron chi connectivity index (χ3n) is 2.48. The molecule has 1 aliphatic rings. The average Bonchev–Trinajstić information content (AvgIpc) is 2.25. The van der Waals surface area contributed by atoms with Crippen LogP contribution in [0.2, 0.25) is 0 Å². The minimum Gasteiger partial charge on any atom is -0.395 e. The molecule has 1 unspecified atom stereocenters. The average molecular weight is 207 g/mol. The first-order valence-electron chi connectivity index (χ1n) is 4.85. The lowest BCUT2D eigenvalue weighted by Crippen LogP contribution is -2.50. The number of fused-ring (bicyclic) bond motifs is 1. The molecule has 1 amide bonds. The van der Waals surface area contributed by atoms with Gasteiger partial charge in [-0.05, 0) is 12.1 Å². The normalized spacial score (nSPS) is 20.3. The molecule has 0 spiro atoms. The summed E-state index contributed by atoms with van der Waals surface area (Å²) in [6.45, 7) is 0.192. The van der Waals surface area contributed by atoms with E-state index in [9.17, 15) is 4.79 Å². The fraction of sp³-hybridized carbons (Fsp3) is 0.400. The maximum atomic E-state index is 11.7. The van der Waals surface area contributed by atoms with Gasteiger partial charge in [-0.15, -0.1) is 0 Å². The third kappa shape index (κ3) is 1.71. The smallest absolute Gasteiger partial charge is 0.244 e. The van der Waals surface area contributed by atoms with E-state index in [2.05, 4.69) is 4.98 Å². The molecule has 0 fully saturated rings. The molecule has 2 heterocycles. The van der Waals surface area contributed by atoms with Crippen molar-refractivity contribution in [2.45, 2.75) is 12.5 Å². The van der Waals surface area contributed by atoms with Crippen molar-refractivity contribution < 1.29 is 9.90 Å². The van der Waals surface area contributed by atoms with Gasteiger partial charge in [0.1, 0.15) is 0 Å². The molecule has 0 radical (unpaired) electrons. The summed E-state index contributed by atoms with van der Waals surface area (Å²) in [5.74, 6) is -0.149. The van der Waals surface area contributed by atoms with Crippen molar-refractivity contribution >= 4 is 11.6 Å². The van der Waals surface area contributed by atoms with Crippen LogP contribution < -0.4 is 10.6 Å². The maximum Gasteiger partial charge on any atom is 0.244 e. The van der Waals surface area contributed by atoms with Crippen molar-refractivity contribution in [1.29, 1.82) is 0 Å². The van der Waals surface area contributed by atoms with E-state index < -0.39 is 6.04 Å². The Bertz CT molecular complexity index is 381. The summed E-state index contributed by atoms with van der Waals surface area (Å²) in [5, 5.41) is 8.89. The van der Waals surface area contributed by atoms with Gasteiger partial charge in [0.05, 0.1) is 24.0 Å². The summed E-state index contributed by atoms with van der Waals surface area (Å²) in [7, 11) is 0. The monoisotopic (exact) mass is 207 g/mol. The molecule has 5 nitrogen and oxygen atoms in total. The van der Waals surface area contributed by atoms with Crippen LogP contribution >= 0.6 is 0 Å². The molecule has 80 valence electrons. The number of β-amino-alcohol motifs (C(OH)–C–C–N with tert-alkyl or cyclic N) is 1. The molecule has 1 aromatic rings. The summed E-state index contributed by atoms with van der Waals surface area (Å²) in [6, 6.07) is 3.05. The van der Waals surface area contributed by atoms with Crippen LogP contribution in [0.1, 0.15) is 5.69 Å². The molecular formula is C10H13N3O2. The summed E-state index contributed by atoms with van der Waals surface area (Å²) < 4.78 is 0. The van der Waals surface area contributed by atoms with Crippen LogP contribution in [-0.4, -0.2) is 35.2 Å². The number of nitrogens with zero attached hydrogens (tertiary/aromatic N) is 2. The van der Waals surface area contributed by atoms with E-state index in [0.29, 0.717) is 6.42 Å². The second-order valence-electron chi connectivity index (χ2n) is 3.49. The van der Waals surface area contributed by atoms with Crippen molar-refractivity contribution in [1.82, 2.24) is 4.98 Å². The number of aromatic nitrogens is 1. The summed E-state index contributed by atoms with van der Waals surface area (Å²) >= 11 is 0. The fourth-order valence-electron chi connectivity index (χ4n) is 1.78. The van der Waals surface area contributed by atoms with Gasteiger partial charge in [-0.2, -0.15) is 0 Å². The zero-order valence-electron chi connectivity index (χ0n) is 8.26. The number of aliphatic hydroxyl groups excluding tert-OH is 1. The van der Waals surface area contributed by atoms with E-state index in [1.165, 1.54) is 4.90 Å². The van der Waals surface area contributed by atoms with Gasteiger partial charge in [-0.25, -0.2) is 0 Å². The molecule has 0 saturated carbocycles. The zero-order valence-corrected chi connectivity index (χ0v) is 8.26. The Labute approximate surface area is 87.5 Å². The molecule has 2 rings (SSSR count). The van der Waals surface area contributed by atoms with Crippen molar-refractivity contribution in [3.8, 4) is 0 Å². The Morgan fingerprint density at radius 1 is 1.67 bits per heavy atom. The molecule has 3 N–H and O–H groups in total. The first-order chi connectivity index (χ1) is 7.24. The van der Waals surface area contributed by atoms with Crippen molar-refractivity contribution in [2.75, 3.05) is 18.1 Å². The number of carbonyl (C=O) groups excluding carboxylic acids is 1. The van der Waals surface area contributed by atoms with E-state index in [0.717, 1.165) is 11.4 Å². The lowest BCUT2D eigenvalue weighted by Gasteiger charge is -2.31. The number of rotatable bonds is 2. The largest absolute Gasteiger partial charge is 0.395 e. The number of hydrogen-bond donors (Lipinski definition) is 2. The van der Waals surface area contributed by atoms with Crippen LogP contribution in [0.4, 0.5) is 5.69 Å². The van der Waals surface area contributed by atoms with Gasteiger partial charge in [0.15, 0.2) is 0 Å². The Morgan fingerprint density at radius 3 is 3.20 bits per heavy atom. The lowest BCUT2D eigenvalue weighted by atomic mass is 10.0. The van der Waals surface area contributed by atoms with Gasteiger partial charge < -0.3 is 15.7 Å². The summed E-state index contributed by atoms with van der Waals surface area (Å²) in [5.41, 5.74) is 7.28. The van der Waals surface area contributed by atoms with Crippen LogP contribution in [0.15, 0.2) is 18.3 Å². The topological polar surface area (TPSA) is 79.4 Å². The van der Waals surface area contributed by atoms with Crippen molar-refractivity contribution in [2.24, 2.45) is 5.73 Å². The number of hydrogen-bond acceptors (Lipinski definition) is 4. The molecule has 1 aromatic heterocycles. The van der Waals surface area contributed by atoms with Gasteiger partial charge >= 0.3 is 0 Å². The highest BCUT2D eigenvalue weighted by molar-refractivity contribution is 5.99. The van der Waals surface area contributed by atoms with Gasteiger partial charge in [-0.3, -0.25) is 9.78 Å². The Kier molecular flexibility index (Phi) is 2.66. The van der Waals surface area contributed by atoms with Gasteiger partial charge in [0, 0.05) is 19.2 Å². The van der Waals surface area contributed by atoms with Gasteiger partial charge in [0.2, 0.25) is 5.91 Å². The first-order valence-corrected chi connectivity index (χ1v) is 4.85. The molecule has 0 saturated heterocycles. The maximum absolute atomic E-state index is 11.7. The summed E-state index contributed by atoms with van der Waals surface area (Å²) in [6.07, 6.45) is 2.15. The summed E-state index contributed by atoms with van der Waals surface area (Å²) in [4.78, 5) is 17.4. The van der Waals surface area contributed by atoms with Crippen LogP contribution in [0.25, 0.3) is 0 Å². The van der Waals surface area contributed by atoms with Crippen molar-refractivity contribution in [3.05, 3.63) is 24.0 Å². The molecule has 15 heavy (non-hydrogen) atoms. The zero-order chi connectivity index (χ0) is 10.8. The number of pyridine rings is 1. The second kappa shape index (κ2) is 3.96. The van der Waals surface area contributed by atoms with Gasteiger partial charge in [-0.1, -0.05) is 0 Å². The molecule has 1 aliphatic heterocycles. The minimum atomic E-state index is -0.543. The highest BCUT2D eigenvalue weighted by atomic mass is 16.3. The molecule has 0 aromatic carbocycles. The number of aliphatic hydroxyl groups is 1. The van der Waals surface area contributed by atoms with E-state index >= 15 is 0 Å². The van der Waals surface area contributed by atoms with E-state index in [-0.39, 0.29) is 19.1 Å². The van der Waals surface area contributed by atoms with Gasteiger partial charge in [0.25, 0.3) is 0 Å². The SMILES string of the molecule is NC1Cc2ncccc2N(CCO)C1=O. The lowest BCUT2D eigenvalue weighted by molar-refractivity contribution is -0.120.